The van der Waals surface area contributed by atoms with Crippen molar-refractivity contribution in [2.24, 2.45) is 0 Å². The van der Waals surface area contributed by atoms with Gasteiger partial charge in [-0.3, -0.25) is 14.5 Å². The van der Waals surface area contributed by atoms with Gasteiger partial charge in [0.05, 0.1) is 0 Å². The quantitative estimate of drug-likeness (QED) is 0.321. The van der Waals surface area contributed by atoms with E-state index in [9.17, 15) is 19.5 Å². The van der Waals surface area contributed by atoms with Crippen LogP contribution in [0, 0.1) is 12.5 Å². The average molecular weight is 492 g/mol. The highest BCUT2D eigenvalue weighted by Crippen LogP contribution is 2.29. The van der Waals surface area contributed by atoms with Gasteiger partial charge in [0.2, 0.25) is 5.91 Å². The second-order valence-electron chi connectivity index (χ2n) is 8.98. The van der Waals surface area contributed by atoms with Crippen molar-refractivity contribution in [3.63, 3.8) is 0 Å². The molecule has 188 valence electrons. The Morgan fingerprint density at radius 1 is 1.21 bits per heavy atom. The number of nitrogens with one attached hydrogen (secondary N) is 2. The third kappa shape index (κ3) is 9.18. The predicted octanol–water partition coefficient (Wildman–Crippen LogP) is 3.80. The summed E-state index contributed by atoms with van der Waals surface area (Å²) >= 11 is 1.50. The van der Waals surface area contributed by atoms with Crippen LogP contribution >= 0.6 is 11.8 Å². The fourth-order valence-electron chi connectivity index (χ4n) is 3.32. The van der Waals surface area contributed by atoms with E-state index in [2.05, 4.69) is 16.7 Å². The lowest BCUT2D eigenvalue weighted by Gasteiger charge is -2.31. The second-order valence-corrected chi connectivity index (χ2v) is 9.96. The molecule has 0 aromatic heterocycles. The number of hydrogen-bond acceptors (Lipinski definition) is 6. The number of amides is 3. The first-order valence-electron chi connectivity index (χ1n) is 11.3. The maximum atomic E-state index is 13.6. The topological polar surface area (TPSA) is 108 Å². The molecule has 9 heteroatoms. The SMILES string of the molecule is C#CN(C(=O)C(CCSC)NC(=O)OC(C)(C)C)C(C(=O)NC(C)CCC)c1ccccc1O. The number of phenols is 1. The number of aromatic hydroxyl groups is 1. The van der Waals surface area contributed by atoms with E-state index < -0.39 is 35.6 Å². The Balaban J connectivity index is 3.35. The van der Waals surface area contributed by atoms with Gasteiger partial charge in [-0.25, -0.2) is 4.79 Å². The van der Waals surface area contributed by atoms with E-state index in [1.807, 2.05) is 20.1 Å². The molecular formula is C25H37N3O5S. The molecule has 0 aliphatic rings. The molecule has 0 aliphatic carbocycles. The third-order valence-corrected chi connectivity index (χ3v) is 5.47. The highest BCUT2D eigenvalue weighted by atomic mass is 32.2. The summed E-state index contributed by atoms with van der Waals surface area (Å²) in [6.45, 7) is 9.01. The molecule has 3 atom stereocenters. The van der Waals surface area contributed by atoms with Crippen LogP contribution in [0.15, 0.2) is 24.3 Å². The average Bonchev–Trinajstić information content (AvgIpc) is 2.74. The smallest absolute Gasteiger partial charge is 0.408 e. The van der Waals surface area contributed by atoms with Gasteiger partial charge in [-0.1, -0.05) is 38.0 Å². The van der Waals surface area contributed by atoms with Crippen molar-refractivity contribution in [2.45, 2.75) is 77.6 Å². The molecule has 0 fully saturated rings. The Hall–Kier alpha value is -2.86. The van der Waals surface area contributed by atoms with Gasteiger partial charge in [-0.2, -0.15) is 11.8 Å². The lowest BCUT2D eigenvalue weighted by molar-refractivity contribution is -0.139. The number of thioether (sulfide) groups is 1. The first kappa shape index (κ1) is 29.2. The summed E-state index contributed by atoms with van der Waals surface area (Å²) in [7, 11) is 0. The standard InChI is InChI=1S/C25H37N3O5S/c1-8-12-17(3)26-22(30)21(18-13-10-11-14-20(18)29)28(9-2)23(31)19(15-16-34-7)27-24(32)33-25(4,5)6/h2,10-11,13-14,17,19,21,29H,8,12,15-16H2,1,3-7H3,(H,26,30)(H,27,32). The zero-order valence-corrected chi connectivity index (χ0v) is 21.7. The molecule has 0 radical (unpaired) electrons. The van der Waals surface area contributed by atoms with Gasteiger partial charge in [0, 0.05) is 17.6 Å². The maximum Gasteiger partial charge on any atom is 0.408 e. The van der Waals surface area contributed by atoms with E-state index in [0.29, 0.717) is 5.75 Å². The number of phenolic OH excluding ortho intramolecular Hbond substituents is 1. The molecule has 0 saturated carbocycles. The lowest BCUT2D eigenvalue weighted by Crippen LogP contribution is -2.52. The summed E-state index contributed by atoms with van der Waals surface area (Å²) in [5, 5.41) is 15.9. The van der Waals surface area contributed by atoms with E-state index in [0.717, 1.165) is 17.7 Å². The van der Waals surface area contributed by atoms with Gasteiger partial charge in [-0.15, -0.1) is 0 Å². The van der Waals surface area contributed by atoms with Crippen LogP contribution in [0.5, 0.6) is 5.75 Å². The van der Waals surface area contributed by atoms with Crippen LogP contribution in [0.1, 0.15) is 65.5 Å². The predicted molar refractivity (Wildman–Crippen MR) is 135 cm³/mol. The zero-order chi connectivity index (χ0) is 25.9. The van der Waals surface area contributed by atoms with Crippen LogP contribution < -0.4 is 10.6 Å². The minimum absolute atomic E-state index is 0.159. The summed E-state index contributed by atoms with van der Waals surface area (Å²) in [5.41, 5.74) is -0.563. The van der Waals surface area contributed by atoms with Gasteiger partial charge in [0.25, 0.3) is 5.91 Å². The highest BCUT2D eigenvalue weighted by molar-refractivity contribution is 7.98. The van der Waals surface area contributed by atoms with Crippen LogP contribution in [-0.4, -0.2) is 57.6 Å². The van der Waals surface area contributed by atoms with E-state index in [1.165, 1.54) is 17.8 Å². The van der Waals surface area contributed by atoms with Crippen molar-refractivity contribution >= 4 is 29.7 Å². The molecule has 3 N–H and O–H groups in total. The monoisotopic (exact) mass is 491 g/mol. The summed E-state index contributed by atoms with van der Waals surface area (Å²) in [5.74, 6) is -0.769. The number of alkyl carbamates (subject to hydrolysis) is 1. The molecule has 0 spiro atoms. The van der Waals surface area contributed by atoms with Crippen molar-refractivity contribution in [3.8, 4) is 18.2 Å². The maximum absolute atomic E-state index is 13.6. The zero-order valence-electron chi connectivity index (χ0n) is 20.9. The van der Waals surface area contributed by atoms with Gasteiger partial charge >= 0.3 is 6.09 Å². The summed E-state index contributed by atoms with van der Waals surface area (Å²) < 4.78 is 5.30. The Bertz CT molecular complexity index is 878. The first-order chi connectivity index (χ1) is 15.9. The van der Waals surface area contributed by atoms with Gasteiger partial charge in [0.15, 0.2) is 6.04 Å². The number of carbonyl (C=O) groups is 3. The largest absolute Gasteiger partial charge is 0.508 e. The van der Waals surface area contributed by atoms with Crippen LogP contribution in [-0.2, 0) is 14.3 Å². The minimum atomic E-state index is -1.28. The Morgan fingerprint density at radius 3 is 2.38 bits per heavy atom. The summed E-state index contributed by atoms with van der Waals surface area (Å²) in [6, 6.07) is 6.07. The fourth-order valence-corrected chi connectivity index (χ4v) is 3.79. The molecule has 1 aromatic carbocycles. The Kier molecular flexibility index (Phi) is 11.8. The Morgan fingerprint density at radius 2 is 1.85 bits per heavy atom. The number of benzene rings is 1. The molecule has 0 saturated heterocycles. The normalized spacial score (nSPS) is 13.7. The molecule has 3 amide bonds. The third-order valence-electron chi connectivity index (χ3n) is 4.82. The van der Waals surface area contributed by atoms with Crippen LogP contribution in [0.4, 0.5) is 4.79 Å². The van der Waals surface area contributed by atoms with Gasteiger partial charge in [-0.05, 0) is 58.6 Å². The number of terminal acetylenes is 1. The molecule has 8 nitrogen and oxygen atoms in total. The van der Waals surface area contributed by atoms with Crippen LogP contribution in [0.2, 0.25) is 0 Å². The van der Waals surface area contributed by atoms with Crippen molar-refractivity contribution in [3.05, 3.63) is 29.8 Å². The van der Waals surface area contributed by atoms with Crippen molar-refractivity contribution < 1.29 is 24.2 Å². The van der Waals surface area contributed by atoms with E-state index in [1.54, 1.807) is 39.0 Å². The molecular weight excluding hydrogens is 454 g/mol. The number of hydrogen-bond donors (Lipinski definition) is 3. The minimum Gasteiger partial charge on any atom is -0.508 e. The van der Waals surface area contributed by atoms with Gasteiger partial charge in [0.1, 0.15) is 17.4 Å². The number of ether oxygens (including phenoxy) is 1. The molecule has 34 heavy (non-hydrogen) atoms. The molecule has 0 bridgehead atoms. The van der Waals surface area contributed by atoms with Crippen molar-refractivity contribution in [1.82, 2.24) is 15.5 Å². The Labute approximate surface area is 207 Å². The highest BCUT2D eigenvalue weighted by Gasteiger charge is 2.37. The fraction of sp³-hybridized carbons (Fsp3) is 0.560. The van der Waals surface area contributed by atoms with Crippen LogP contribution in [0.25, 0.3) is 0 Å². The van der Waals surface area contributed by atoms with E-state index in [4.69, 9.17) is 11.2 Å². The summed E-state index contributed by atoms with van der Waals surface area (Å²) in [6.07, 6.45) is 8.72. The van der Waals surface area contributed by atoms with Crippen LogP contribution in [0.3, 0.4) is 0 Å². The van der Waals surface area contributed by atoms with Crippen molar-refractivity contribution in [2.75, 3.05) is 12.0 Å². The second kappa shape index (κ2) is 13.8. The number of para-hydroxylation sites is 1. The molecule has 3 unspecified atom stereocenters. The molecule has 1 rings (SSSR count). The number of carbonyl (C=O) groups excluding carboxylic acids is 3. The number of nitrogens with zero attached hydrogens (tertiary/aromatic N) is 1. The molecule has 0 aliphatic heterocycles. The molecule has 1 aromatic rings. The summed E-state index contributed by atoms with van der Waals surface area (Å²) in [4.78, 5) is 40.2. The van der Waals surface area contributed by atoms with Gasteiger partial charge < -0.3 is 20.5 Å². The lowest BCUT2D eigenvalue weighted by atomic mass is 10.0. The van der Waals surface area contributed by atoms with Crippen molar-refractivity contribution in [1.29, 1.82) is 0 Å². The van der Waals surface area contributed by atoms with E-state index >= 15 is 0 Å². The number of rotatable bonds is 11. The first-order valence-corrected chi connectivity index (χ1v) is 12.7. The molecule has 0 heterocycles. The van der Waals surface area contributed by atoms with E-state index in [-0.39, 0.29) is 23.8 Å².